The molecule has 0 atom stereocenters. The first-order chi connectivity index (χ1) is 9.60. The van der Waals surface area contributed by atoms with Gasteiger partial charge in [-0.3, -0.25) is 4.79 Å². The number of hydrogen-bond donors (Lipinski definition) is 2. The average molecular weight is 352 g/mol. The van der Waals surface area contributed by atoms with Gasteiger partial charge in [0.2, 0.25) is 0 Å². The van der Waals surface area contributed by atoms with Gasteiger partial charge in [0.25, 0.3) is 5.91 Å². The highest BCUT2D eigenvalue weighted by atomic mass is 79.9. The molecule has 0 unspecified atom stereocenters. The second kappa shape index (κ2) is 6.81. The summed E-state index contributed by atoms with van der Waals surface area (Å²) in [7, 11) is 0. The number of halogens is 1. The third kappa shape index (κ3) is 3.77. The highest BCUT2D eigenvalue weighted by Crippen LogP contribution is 2.22. The smallest absolute Gasteiger partial charge is 0.256 e. The van der Waals surface area contributed by atoms with Gasteiger partial charge in [-0.2, -0.15) is 0 Å². The number of benzene rings is 2. The maximum Gasteiger partial charge on any atom is 0.256 e. The van der Waals surface area contributed by atoms with Crippen LogP contribution in [0.4, 0.5) is 5.69 Å². The van der Waals surface area contributed by atoms with Crippen LogP contribution in [0.15, 0.2) is 51.8 Å². The molecule has 2 rings (SSSR count). The number of nitrogens with one attached hydrogen (secondary N) is 1. The zero-order valence-electron chi connectivity index (χ0n) is 10.9. The van der Waals surface area contributed by atoms with E-state index in [1.165, 1.54) is 0 Å². The molecule has 3 nitrogen and oxygen atoms in total. The minimum absolute atomic E-state index is 0.198. The Balaban J connectivity index is 2.17. The van der Waals surface area contributed by atoms with Crippen molar-refractivity contribution in [3.8, 4) is 5.75 Å². The molecule has 2 aromatic rings. The summed E-state index contributed by atoms with van der Waals surface area (Å²) in [5.41, 5.74) is 1.22. The molecule has 0 heterocycles. The van der Waals surface area contributed by atoms with E-state index in [0.29, 0.717) is 22.8 Å². The summed E-state index contributed by atoms with van der Waals surface area (Å²) in [5.74, 6) is 0.531. The molecule has 5 heteroatoms. The van der Waals surface area contributed by atoms with Crippen LogP contribution in [-0.4, -0.2) is 12.5 Å². The lowest BCUT2D eigenvalue weighted by Gasteiger charge is -2.09. The second-order valence-corrected chi connectivity index (χ2v) is 5.47. The summed E-state index contributed by atoms with van der Waals surface area (Å²) in [4.78, 5) is 12.8. The monoisotopic (exact) mass is 351 g/mol. The van der Waals surface area contributed by atoms with Crippen LogP contribution in [0.25, 0.3) is 0 Å². The zero-order chi connectivity index (χ0) is 14.5. The normalized spacial score (nSPS) is 10.2. The molecule has 104 valence electrons. The van der Waals surface area contributed by atoms with Crippen molar-refractivity contribution in [2.24, 2.45) is 0 Å². The summed E-state index contributed by atoms with van der Waals surface area (Å²) < 4.78 is 6.29. The minimum atomic E-state index is -0.198. The first kappa shape index (κ1) is 14.9. The van der Waals surface area contributed by atoms with Gasteiger partial charge in [0.15, 0.2) is 0 Å². The molecule has 0 aliphatic rings. The van der Waals surface area contributed by atoms with E-state index in [-0.39, 0.29) is 5.91 Å². The number of anilines is 1. The van der Waals surface area contributed by atoms with Crippen molar-refractivity contribution in [1.82, 2.24) is 0 Å². The second-order valence-electron chi connectivity index (χ2n) is 4.08. The minimum Gasteiger partial charge on any atom is -0.494 e. The Morgan fingerprint density at radius 1 is 1.30 bits per heavy atom. The van der Waals surface area contributed by atoms with Crippen LogP contribution >= 0.6 is 28.6 Å². The van der Waals surface area contributed by atoms with Crippen molar-refractivity contribution >= 4 is 40.2 Å². The highest BCUT2D eigenvalue weighted by molar-refractivity contribution is 9.10. The van der Waals surface area contributed by atoms with Gasteiger partial charge in [-0.05, 0) is 37.3 Å². The van der Waals surface area contributed by atoms with Gasteiger partial charge >= 0.3 is 0 Å². The molecule has 0 aromatic heterocycles. The molecule has 1 amide bonds. The van der Waals surface area contributed by atoms with E-state index in [2.05, 4.69) is 33.9 Å². The average Bonchev–Trinajstić information content (AvgIpc) is 2.39. The van der Waals surface area contributed by atoms with Crippen LogP contribution in [0.2, 0.25) is 0 Å². The molecule has 0 spiro atoms. The van der Waals surface area contributed by atoms with Crippen LogP contribution < -0.4 is 10.1 Å². The summed E-state index contributed by atoms with van der Waals surface area (Å²) in [6.07, 6.45) is 0. The van der Waals surface area contributed by atoms with Gasteiger partial charge < -0.3 is 10.1 Å². The number of hydrogen-bond acceptors (Lipinski definition) is 3. The number of thiol groups is 1. The Morgan fingerprint density at radius 2 is 2.10 bits per heavy atom. The molecule has 0 saturated carbocycles. The molecule has 1 N–H and O–H groups in total. The summed E-state index contributed by atoms with van der Waals surface area (Å²) >= 11 is 7.65. The molecular formula is C15H14BrNO2S. The Hall–Kier alpha value is -1.46. The van der Waals surface area contributed by atoms with Gasteiger partial charge in [0.1, 0.15) is 5.75 Å². The number of rotatable bonds is 4. The summed E-state index contributed by atoms with van der Waals surface area (Å²) in [5, 5.41) is 2.83. The van der Waals surface area contributed by atoms with E-state index in [4.69, 9.17) is 4.74 Å². The quantitative estimate of drug-likeness (QED) is 0.801. The maximum absolute atomic E-state index is 12.2. The van der Waals surface area contributed by atoms with E-state index in [1.807, 2.05) is 31.2 Å². The molecule has 2 aromatic carbocycles. The number of carbonyl (C=O) groups is 1. The van der Waals surface area contributed by atoms with E-state index in [0.717, 1.165) is 10.2 Å². The molecule has 0 fully saturated rings. The molecular weight excluding hydrogens is 338 g/mol. The van der Waals surface area contributed by atoms with Crippen molar-refractivity contribution in [1.29, 1.82) is 0 Å². The van der Waals surface area contributed by atoms with E-state index >= 15 is 0 Å². The lowest BCUT2D eigenvalue weighted by molar-refractivity contribution is 0.102. The third-order valence-corrected chi connectivity index (χ3v) is 3.47. The van der Waals surface area contributed by atoms with Crippen LogP contribution in [0.1, 0.15) is 17.3 Å². The molecule has 0 saturated heterocycles. The lowest BCUT2D eigenvalue weighted by atomic mass is 10.2. The fraction of sp³-hybridized carbons (Fsp3) is 0.133. The van der Waals surface area contributed by atoms with Crippen molar-refractivity contribution in [3.05, 3.63) is 52.5 Å². The Morgan fingerprint density at radius 3 is 2.80 bits per heavy atom. The Labute approximate surface area is 131 Å². The fourth-order valence-corrected chi connectivity index (χ4v) is 2.58. The fourth-order valence-electron chi connectivity index (χ4n) is 1.73. The van der Waals surface area contributed by atoms with Crippen molar-refractivity contribution < 1.29 is 9.53 Å². The predicted molar refractivity (Wildman–Crippen MR) is 87.0 cm³/mol. The van der Waals surface area contributed by atoms with E-state index in [9.17, 15) is 4.79 Å². The van der Waals surface area contributed by atoms with Crippen LogP contribution in [-0.2, 0) is 0 Å². The Kier molecular flexibility index (Phi) is 5.09. The number of ether oxygens (including phenoxy) is 1. The zero-order valence-corrected chi connectivity index (χ0v) is 13.4. The first-order valence-electron chi connectivity index (χ1n) is 6.13. The van der Waals surface area contributed by atoms with Gasteiger partial charge in [-0.1, -0.05) is 22.0 Å². The van der Waals surface area contributed by atoms with Crippen molar-refractivity contribution in [3.63, 3.8) is 0 Å². The lowest BCUT2D eigenvalue weighted by Crippen LogP contribution is -2.12. The Bertz CT molecular complexity index is 631. The predicted octanol–water partition coefficient (Wildman–Crippen LogP) is 4.39. The molecule has 0 aliphatic heterocycles. The first-order valence-corrected chi connectivity index (χ1v) is 7.37. The third-order valence-electron chi connectivity index (χ3n) is 2.61. The summed E-state index contributed by atoms with van der Waals surface area (Å²) in [6.45, 7) is 2.51. The van der Waals surface area contributed by atoms with Gasteiger partial charge in [0, 0.05) is 21.1 Å². The van der Waals surface area contributed by atoms with E-state index < -0.39 is 0 Å². The molecule has 20 heavy (non-hydrogen) atoms. The van der Waals surface area contributed by atoms with Crippen molar-refractivity contribution in [2.45, 2.75) is 11.8 Å². The number of carbonyl (C=O) groups excluding carboxylic acids is 1. The molecule has 0 radical (unpaired) electrons. The maximum atomic E-state index is 12.2. The van der Waals surface area contributed by atoms with E-state index in [1.54, 1.807) is 18.2 Å². The molecule has 0 aliphatic carbocycles. The van der Waals surface area contributed by atoms with Gasteiger partial charge in [-0.15, -0.1) is 12.6 Å². The van der Waals surface area contributed by atoms with Crippen LogP contribution in [0.3, 0.4) is 0 Å². The SMILES string of the molecule is CCOc1cccc(NC(=O)c2ccc(Br)cc2S)c1. The van der Waals surface area contributed by atoms with Crippen molar-refractivity contribution in [2.75, 3.05) is 11.9 Å². The summed E-state index contributed by atoms with van der Waals surface area (Å²) in [6, 6.07) is 12.6. The molecule has 0 bridgehead atoms. The highest BCUT2D eigenvalue weighted by Gasteiger charge is 2.10. The van der Waals surface area contributed by atoms with Gasteiger partial charge in [0.05, 0.1) is 12.2 Å². The topological polar surface area (TPSA) is 38.3 Å². The van der Waals surface area contributed by atoms with Gasteiger partial charge in [-0.25, -0.2) is 0 Å². The standard InChI is InChI=1S/C15H14BrNO2S/c1-2-19-12-5-3-4-11(9-12)17-15(18)13-7-6-10(16)8-14(13)20/h3-9,20H,2H2,1H3,(H,17,18). The number of amides is 1. The van der Waals surface area contributed by atoms with Crippen LogP contribution in [0.5, 0.6) is 5.75 Å². The largest absolute Gasteiger partial charge is 0.494 e. The van der Waals surface area contributed by atoms with Crippen LogP contribution in [0, 0.1) is 0 Å².